The van der Waals surface area contributed by atoms with Crippen molar-refractivity contribution in [2.24, 2.45) is 0 Å². The molecule has 2 aromatic heterocycles. The van der Waals surface area contributed by atoms with Crippen LogP contribution in [0.5, 0.6) is 5.88 Å². The van der Waals surface area contributed by atoms with Crippen molar-refractivity contribution in [3.05, 3.63) is 64.5 Å². The number of hydrogen-bond acceptors (Lipinski definition) is 8. The topological polar surface area (TPSA) is 106 Å². The van der Waals surface area contributed by atoms with Crippen molar-refractivity contribution in [1.29, 1.82) is 0 Å². The van der Waals surface area contributed by atoms with Gasteiger partial charge in [0.2, 0.25) is 17.7 Å². The number of nitrogens with one attached hydrogen (secondary N) is 2. The summed E-state index contributed by atoms with van der Waals surface area (Å²) in [5.74, 6) is -3.34. The van der Waals surface area contributed by atoms with E-state index in [1.165, 1.54) is 36.8 Å². The van der Waals surface area contributed by atoms with Crippen molar-refractivity contribution < 1.29 is 32.5 Å². The van der Waals surface area contributed by atoms with Crippen LogP contribution in [0.3, 0.4) is 0 Å². The zero-order chi connectivity index (χ0) is 29.9. The number of nitrogens with zero attached hydrogens (tertiary/aromatic N) is 2. The molecule has 1 amide bonds. The van der Waals surface area contributed by atoms with Crippen molar-refractivity contribution in [2.45, 2.75) is 75.2 Å². The van der Waals surface area contributed by atoms with E-state index in [9.17, 15) is 23.1 Å². The van der Waals surface area contributed by atoms with Crippen LogP contribution in [0.4, 0.5) is 13.2 Å². The molecule has 0 radical (unpaired) electrons. The molecule has 3 aromatic rings. The molecule has 3 atom stereocenters. The number of aliphatic hydroxyl groups is 1. The number of methoxy groups -OCH3 is 1. The highest BCUT2D eigenvalue weighted by molar-refractivity contribution is 7.13. The zero-order valence-electron chi connectivity index (χ0n) is 23.5. The van der Waals surface area contributed by atoms with E-state index in [0.717, 1.165) is 26.2 Å². The fourth-order valence-electron chi connectivity index (χ4n) is 5.67. The number of ether oxygens (including phenoxy) is 2. The maximum atomic E-state index is 14.6. The smallest absolute Gasteiger partial charge is 0.249 e. The lowest BCUT2D eigenvalue weighted by atomic mass is 9.73. The molecule has 1 aliphatic heterocycles. The number of rotatable bonds is 12. The molecule has 1 aromatic carbocycles. The number of aliphatic hydroxyl groups excluding tert-OH is 1. The number of hydrogen-bond donors (Lipinski definition) is 3. The molecular weight excluding hydrogens is 569 g/mol. The summed E-state index contributed by atoms with van der Waals surface area (Å²) in [6, 6.07) is 5.19. The van der Waals surface area contributed by atoms with Gasteiger partial charge in [-0.15, -0.1) is 11.3 Å². The summed E-state index contributed by atoms with van der Waals surface area (Å²) in [7, 11) is 1.40. The van der Waals surface area contributed by atoms with Gasteiger partial charge in [-0.3, -0.25) is 4.79 Å². The van der Waals surface area contributed by atoms with Crippen LogP contribution in [0, 0.1) is 5.82 Å². The normalized spacial score (nSPS) is 19.0. The Balaban J connectivity index is 1.35. The molecular formula is C30H35F3N4O4S. The quantitative estimate of drug-likeness (QED) is 0.277. The summed E-state index contributed by atoms with van der Waals surface area (Å²) in [5.41, 5.74) is 1.88. The number of halogens is 3. The minimum Gasteiger partial charge on any atom is -0.471 e. The molecule has 8 nitrogen and oxygen atoms in total. The molecule has 3 N–H and O–H groups in total. The first kappa shape index (κ1) is 30.4. The summed E-state index contributed by atoms with van der Waals surface area (Å²) in [4.78, 5) is 21.1. The van der Waals surface area contributed by atoms with Gasteiger partial charge in [0.05, 0.1) is 12.1 Å². The lowest BCUT2D eigenvalue weighted by Gasteiger charge is -2.47. The van der Waals surface area contributed by atoms with E-state index in [1.54, 1.807) is 23.7 Å². The van der Waals surface area contributed by atoms with E-state index < -0.39 is 36.2 Å². The largest absolute Gasteiger partial charge is 0.471 e. The van der Waals surface area contributed by atoms with Gasteiger partial charge in [-0.05, 0) is 68.0 Å². The predicted octanol–water partition coefficient (Wildman–Crippen LogP) is 4.61. The number of carbonyl (C=O) groups is 1. The molecule has 1 fully saturated rings. The average molecular weight is 605 g/mol. The Morgan fingerprint density at radius 1 is 1.26 bits per heavy atom. The Kier molecular flexibility index (Phi) is 9.17. The Labute approximate surface area is 246 Å². The maximum Gasteiger partial charge on any atom is 0.249 e. The third-order valence-electron chi connectivity index (χ3n) is 7.73. The highest BCUT2D eigenvalue weighted by Gasteiger charge is 2.46. The van der Waals surface area contributed by atoms with Crippen LogP contribution >= 0.6 is 11.3 Å². The second kappa shape index (κ2) is 12.7. The summed E-state index contributed by atoms with van der Waals surface area (Å²) in [6.07, 6.45) is 5.05. The van der Waals surface area contributed by atoms with Crippen molar-refractivity contribution in [2.75, 3.05) is 20.3 Å². The first-order valence-electron chi connectivity index (χ1n) is 14.0. The Hall–Kier alpha value is -3.06. The number of amides is 1. The number of pyridine rings is 1. The maximum absolute atomic E-state index is 14.6. The van der Waals surface area contributed by atoms with Gasteiger partial charge in [-0.2, -0.15) is 0 Å². The zero-order valence-corrected chi connectivity index (χ0v) is 24.4. The molecule has 1 unspecified atom stereocenters. The Morgan fingerprint density at radius 2 is 2.07 bits per heavy atom. The molecule has 12 heteroatoms. The third-order valence-corrected chi connectivity index (χ3v) is 8.55. The van der Waals surface area contributed by atoms with Crippen molar-refractivity contribution in [3.8, 4) is 16.5 Å². The van der Waals surface area contributed by atoms with E-state index in [-0.39, 0.29) is 31.2 Å². The van der Waals surface area contributed by atoms with Crippen LogP contribution in [0.1, 0.15) is 55.3 Å². The number of alkyl halides is 2. The van der Waals surface area contributed by atoms with Crippen LogP contribution in [-0.2, 0) is 22.4 Å². The lowest BCUT2D eigenvalue weighted by Crippen LogP contribution is -2.52. The van der Waals surface area contributed by atoms with E-state index in [4.69, 9.17) is 9.47 Å². The number of fused-ring (bicyclic) bond motifs is 1. The first-order valence-corrected chi connectivity index (χ1v) is 14.9. The number of carbonyl (C=O) groups excluding carboxylic acids is 1. The van der Waals surface area contributed by atoms with Gasteiger partial charge in [-0.25, -0.2) is 23.1 Å². The van der Waals surface area contributed by atoms with Gasteiger partial charge < -0.3 is 25.2 Å². The first-order chi connectivity index (χ1) is 20.0. The predicted molar refractivity (Wildman–Crippen MR) is 152 cm³/mol. The van der Waals surface area contributed by atoms with Crippen molar-refractivity contribution in [1.82, 2.24) is 20.6 Å². The molecule has 1 saturated carbocycles. The highest BCUT2D eigenvalue weighted by Crippen LogP contribution is 2.48. The van der Waals surface area contributed by atoms with Crippen LogP contribution in [0.2, 0.25) is 0 Å². The highest BCUT2D eigenvalue weighted by atomic mass is 32.1. The van der Waals surface area contributed by atoms with E-state index in [1.807, 2.05) is 0 Å². The van der Waals surface area contributed by atoms with E-state index in [0.29, 0.717) is 39.6 Å². The standard InChI is InChI=1S/C30H35F3N4O4S/c1-29(32,33)13-19-10-22-24(14-30(4-3-5-30)41-27(22)36-15-19)35-16-25(38)23(37-26(39)17-40-2)11-18-8-20(12-21(31)9-18)28-34-6-7-42-28/h6-10,12,15,23-25,35,38H,3-5,11,13-14,16-17H2,1-2H3,(H,37,39)/t23-,24?,25+/m0/s1. The average Bonchev–Trinajstić information content (AvgIpc) is 3.44. The van der Waals surface area contributed by atoms with Crippen molar-refractivity contribution in [3.63, 3.8) is 0 Å². The van der Waals surface area contributed by atoms with Gasteiger partial charge in [0, 0.05) is 61.4 Å². The van der Waals surface area contributed by atoms with Crippen LogP contribution in [-0.4, -0.2) is 64.9 Å². The number of aromatic nitrogens is 2. The SMILES string of the molecule is COCC(=O)N[C@@H](Cc1cc(F)cc(-c2nccs2)c1)[C@H](O)CNC1CC2(CCC2)Oc2ncc(CC(C)(F)F)cc21. The molecule has 3 heterocycles. The molecule has 1 aliphatic carbocycles. The second-order valence-electron chi connectivity index (χ2n) is 11.4. The fraction of sp³-hybridized carbons (Fsp3) is 0.500. The third kappa shape index (κ3) is 7.47. The molecule has 226 valence electrons. The van der Waals surface area contributed by atoms with Gasteiger partial charge >= 0.3 is 0 Å². The monoisotopic (exact) mass is 604 g/mol. The minimum absolute atomic E-state index is 0.0704. The lowest BCUT2D eigenvalue weighted by molar-refractivity contribution is -0.126. The van der Waals surface area contributed by atoms with Crippen LogP contribution in [0.15, 0.2) is 42.0 Å². The van der Waals surface area contributed by atoms with Gasteiger partial charge in [0.1, 0.15) is 23.0 Å². The summed E-state index contributed by atoms with van der Waals surface area (Å²) < 4.78 is 53.3. The summed E-state index contributed by atoms with van der Waals surface area (Å²) in [5, 5.41) is 20.0. The molecule has 0 bridgehead atoms. The summed E-state index contributed by atoms with van der Waals surface area (Å²) in [6.45, 7) is 0.742. The van der Waals surface area contributed by atoms with E-state index in [2.05, 4.69) is 20.6 Å². The molecule has 42 heavy (non-hydrogen) atoms. The van der Waals surface area contributed by atoms with Gasteiger partial charge in [0.25, 0.3) is 0 Å². The summed E-state index contributed by atoms with van der Waals surface area (Å²) >= 11 is 1.38. The van der Waals surface area contributed by atoms with Crippen LogP contribution < -0.4 is 15.4 Å². The van der Waals surface area contributed by atoms with E-state index >= 15 is 0 Å². The van der Waals surface area contributed by atoms with Gasteiger partial charge in [0.15, 0.2) is 0 Å². The van der Waals surface area contributed by atoms with Gasteiger partial charge in [-0.1, -0.05) is 0 Å². The fourth-order valence-corrected chi connectivity index (χ4v) is 6.30. The van der Waals surface area contributed by atoms with Crippen molar-refractivity contribution >= 4 is 17.2 Å². The van der Waals surface area contributed by atoms with Crippen LogP contribution in [0.25, 0.3) is 10.6 Å². The Bertz CT molecular complexity index is 1380. The number of benzene rings is 1. The molecule has 1 spiro atoms. The Morgan fingerprint density at radius 3 is 2.74 bits per heavy atom. The molecule has 5 rings (SSSR count). The number of thiazole rings is 1. The second-order valence-corrected chi connectivity index (χ2v) is 12.2. The molecule has 2 aliphatic rings. The minimum atomic E-state index is -2.89. The molecule has 0 saturated heterocycles.